The quantitative estimate of drug-likeness (QED) is 0.484. The number of benzene rings is 1. The molecule has 1 atom stereocenters. The molecule has 1 aliphatic heterocycles. The van der Waals surface area contributed by atoms with E-state index in [1.54, 1.807) is 0 Å². The number of cyclic esters (lactones) is 1. The summed E-state index contributed by atoms with van der Waals surface area (Å²) in [6.45, 7) is 2.33. The molecule has 1 saturated carbocycles. The minimum Gasteiger partial charge on any atom is -0.447 e. The third-order valence-corrected chi connectivity index (χ3v) is 4.28. The first-order valence-electron chi connectivity index (χ1n) is 7.10. The molecular formula is C15H15N5O2. The number of carbonyl (C=O) groups is 1. The molecule has 0 bridgehead atoms. The molecule has 7 nitrogen and oxygen atoms in total. The molecule has 0 spiro atoms. The average molecular weight is 297 g/mol. The molecule has 0 N–H and O–H groups in total. The van der Waals surface area contributed by atoms with Gasteiger partial charge in [-0.15, -0.1) is 0 Å². The van der Waals surface area contributed by atoms with Gasteiger partial charge in [-0.1, -0.05) is 11.2 Å². The molecule has 22 heavy (non-hydrogen) atoms. The van der Waals surface area contributed by atoms with Crippen LogP contribution in [0.4, 0.5) is 10.5 Å². The summed E-state index contributed by atoms with van der Waals surface area (Å²) in [4.78, 5) is 16.2. The molecular weight excluding hydrogens is 282 g/mol. The number of nitrogens with zero attached hydrogens (tertiary/aromatic N) is 5. The average Bonchev–Trinajstić information content (AvgIpc) is 3.22. The van der Waals surface area contributed by atoms with Gasteiger partial charge in [0.1, 0.15) is 6.61 Å². The van der Waals surface area contributed by atoms with Crippen molar-refractivity contribution in [3.8, 4) is 6.07 Å². The van der Waals surface area contributed by atoms with Gasteiger partial charge in [0.25, 0.3) is 0 Å². The van der Waals surface area contributed by atoms with Gasteiger partial charge in [0.2, 0.25) is 0 Å². The van der Waals surface area contributed by atoms with Crippen LogP contribution in [0.5, 0.6) is 0 Å². The maximum Gasteiger partial charge on any atom is 0.414 e. The van der Waals surface area contributed by atoms with Crippen LogP contribution in [-0.4, -0.2) is 25.3 Å². The van der Waals surface area contributed by atoms with Crippen LogP contribution in [-0.2, 0) is 10.2 Å². The van der Waals surface area contributed by atoms with E-state index in [2.05, 4.69) is 16.1 Å². The lowest BCUT2D eigenvalue weighted by Gasteiger charge is -2.22. The lowest BCUT2D eigenvalue weighted by Crippen LogP contribution is -2.35. The number of hydrogen-bond acceptors (Lipinski definition) is 4. The Morgan fingerprint density at radius 3 is 2.95 bits per heavy atom. The monoisotopic (exact) mass is 297 g/mol. The van der Waals surface area contributed by atoms with Crippen LogP contribution in [0.15, 0.2) is 23.3 Å². The van der Waals surface area contributed by atoms with Crippen molar-refractivity contribution >= 4 is 11.8 Å². The van der Waals surface area contributed by atoms with Crippen LogP contribution in [0.3, 0.4) is 0 Å². The molecule has 1 amide bonds. The van der Waals surface area contributed by atoms with Gasteiger partial charge < -0.3 is 4.74 Å². The predicted molar refractivity (Wildman–Crippen MR) is 79.3 cm³/mol. The van der Waals surface area contributed by atoms with Gasteiger partial charge in [0, 0.05) is 10.6 Å². The Morgan fingerprint density at radius 2 is 2.36 bits per heavy atom. The minimum absolute atomic E-state index is 0.172. The summed E-state index contributed by atoms with van der Waals surface area (Å²) in [5, 5.41) is 12.8. The fraction of sp³-hybridized carbons (Fsp3) is 0.467. The number of ether oxygens (including phenoxy) is 1. The molecule has 1 saturated heterocycles. The summed E-state index contributed by atoms with van der Waals surface area (Å²) in [5.41, 5.74) is 10.8. The summed E-state index contributed by atoms with van der Waals surface area (Å²) in [6.07, 6.45) is 1.33. The van der Waals surface area contributed by atoms with E-state index in [0.717, 1.165) is 24.0 Å². The zero-order valence-corrected chi connectivity index (χ0v) is 12.2. The van der Waals surface area contributed by atoms with Crippen LogP contribution < -0.4 is 4.90 Å². The van der Waals surface area contributed by atoms with Gasteiger partial charge >= 0.3 is 6.09 Å². The van der Waals surface area contributed by atoms with Crippen LogP contribution >= 0.6 is 0 Å². The predicted octanol–water partition coefficient (Wildman–Crippen LogP) is 3.19. The number of aryl methyl sites for hydroxylation is 1. The first kappa shape index (κ1) is 14.2. The van der Waals surface area contributed by atoms with Crippen molar-refractivity contribution in [3.05, 3.63) is 39.8 Å². The number of anilines is 1. The molecule has 3 rings (SSSR count). The highest BCUT2D eigenvalue weighted by molar-refractivity contribution is 5.90. The van der Waals surface area contributed by atoms with Gasteiger partial charge in [0.05, 0.1) is 24.1 Å². The summed E-state index contributed by atoms with van der Waals surface area (Å²) >= 11 is 0. The van der Waals surface area contributed by atoms with E-state index >= 15 is 0 Å². The Balaban J connectivity index is 1.91. The van der Waals surface area contributed by atoms with Gasteiger partial charge in [0.15, 0.2) is 0 Å². The minimum atomic E-state index is -0.438. The molecule has 1 aromatic carbocycles. The SMILES string of the molecule is Cc1cc(N2C(=O)OC[C@H]2CN=[N+]=[N-])ccc1C1(C#N)CC1. The van der Waals surface area contributed by atoms with Crippen molar-refractivity contribution in [3.63, 3.8) is 0 Å². The zero-order chi connectivity index (χ0) is 15.7. The molecule has 1 heterocycles. The fourth-order valence-electron chi connectivity index (χ4n) is 2.94. The van der Waals surface area contributed by atoms with Crippen molar-refractivity contribution < 1.29 is 9.53 Å². The largest absolute Gasteiger partial charge is 0.447 e. The van der Waals surface area contributed by atoms with E-state index in [0.29, 0.717) is 5.69 Å². The Hall–Kier alpha value is -2.71. The highest BCUT2D eigenvalue weighted by Crippen LogP contribution is 2.49. The maximum atomic E-state index is 11.9. The van der Waals surface area contributed by atoms with Gasteiger partial charge in [-0.05, 0) is 48.6 Å². The second kappa shape index (κ2) is 5.24. The Morgan fingerprint density at radius 1 is 1.59 bits per heavy atom. The van der Waals surface area contributed by atoms with E-state index in [-0.39, 0.29) is 24.6 Å². The standard InChI is InChI=1S/C15H15N5O2/c1-10-6-11(2-3-13(10)15(9-16)4-5-15)20-12(7-18-19-17)8-22-14(20)21/h2-3,6,12H,4-5,7-8H2,1H3/t12-/m1/s1. The van der Waals surface area contributed by atoms with Crippen molar-refractivity contribution in [1.82, 2.24) is 0 Å². The number of carbonyl (C=O) groups excluding carboxylic acids is 1. The number of azide groups is 1. The Labute approximate surface area is 127 Å². The van der Waals surface area contributed by atoms with Crippen molar-refractivity contribution in [2.45, 2.75) is 31.2 Å². The number of amides is 1. The highest BCUT2D eigenvalue weighted by atomic mass is 16.6. The summed E-state index contributed by atoms with van der Waals surface area (Å²) in [6, 6.07) is 7.73. The van der Waals surface area contributed by atoms with E-state index in [1.807, 2.05) is 25.1 Å². The fourth-order valence-corrected chi connectivity index (χ4v) is 2.94. The number of rotatable bonds is 4. The van der Waals surface area contributed by atoms with Crippen LogP contribution in [0, 0.1) is 18.3 Å². The molecule has 1 aliphatic carbocycles. The van der Waals surface area contributed by atoms with Gasteiger partial charge in [-0.25, -0.2) is 4.79 Å². The topological polar surface area (TPSA) is 102 Å². The first-order chi connectivity index (χ1) is 10.6. The normalized spacial score (nSPS) is 21.7. The first-order valence-corrected chi connectivity index (χ1v) is 7.10. The van der Waals surface area contributed by atoms with Crippen LogP contribution in [0.1, 0.15) is 24.0 Å². The second-order valence-electron chi connectivity index (χ2n) is 5.71. The maximum absolute atomic E-state index is 11.9. The number of nitriles is 1. The molecule has 0 radical (unpaired) electrons. The highest BCUT2D eigenvalue weighted by Gasteiger charge is 2.46. The molecule has 112 valence electrons. The Kier molecular flexibility index (Phi) is 3.39. The lowest BCUT2D eigenvalue weighted by atomic mass is 9.92. The van der Waals surface area contributed by atoms with Crippen molar-refractivity contribution in [1.29, 1.82) is 5.26 Å². The smallest absolute Gasteiger partial charge is 0.414 e. The van der Waals surface area contributed by atoms with E-state index < -0.39 is 6.09 Å². The molecule has 7 heteroatoms. The third kappa shape index (κ3) is 2.24. The lowest BCUT2D eigenvalue weighted by molar-refractivity contribution is 0.179. The van der Waals surface area contributed by atoms with E-state index in [1.165, 1.54) is 4.90 Å². The summed E-state index contributed by atoms with van der Waals surface area (Å²) in [5.74, 6) is 0. The summed E-state index contributed by atoms with van der Waals surface area (Å²) in [7, 11) is 0. The van der Waals surface area contributed by atoms with Crippen LogP contribution in [0.2, 0.25) is 0 Å². The van der Waals surface area contributed by atoms with E-state index in [4.69, 9.17) is 10.3 Å². The zero-order valence-electron chi connectivity index (χ0n) is 12.2. The molecule has 2 aliphatic rings. The molecule has 1 aromatic rings. The third-order valence-electron chi connectivity index (χ3n) is 4.28. The molecule has 0 unspecified atom stereocenters. The molecule has 0 aromatic heterocycles. The van der Waals surface area contributed by atoms with Crippen molar-refractivity contribution in [2.75, 3.05) is 18.1 Å². The van der Waals surface area contributed by atoms with Gasteiger partial charge in [-0.3, -0.25) is 4.90 Å². The Bertz CT molecular complexity index is 713. The van der Waals surface area contributed by atoms with Crippen molar-refractivity contribution in [2.24, 2.45) is 5.11 Å². The van der Waals surface area contributed by atoms with E-state index in [9.17, 15) is 10.1 Å². The van der Waals surface area contributed by atoms with Crippen LogP contribution in [0.25, 0.3) is 10.4 Å². The summed E-state index contributed by atoms with van der Waals surface area (Å²) < 4.78 is 5.05. The number of hydrogen-bond donors (Lipinski definition) is 0. The second-order valence-corrected chi connectivity index (χ2v) is 5.71. The molecule has 2 fully saturated rings. The van der Waals surface area contributed by atoms with Gasteiger partial charge in [-0.2, -0.15) is 5.26 Å².